The van der Waals surface area contributed by atoms with Crippen LogP contribution in [0.5, 0.6) is 0 Å². The minimum absolute atomic E-state index is 0.162. The van der Waals surface area contributed by atoms with E-state index in [1.807, 2.05) is 34.9 Å². The Morgan fingerprint density at radius 3 is 3.00 bits per heavy atom. The summed E-state index contributed by atoms with van der Waals surface area (Å²) in [5, 5.41) is 9.46. The van der Waals surface area contributed by atoms with Crippen LogP contribution < -0.4 is 0 Å². The summed E-state index contributed by atoms with van der Waals surface area (Å²) in [6, 6.07) is 3.81. The van der Waals surface area contributed by atoms with Gasteiger partial charge < -0.3 is 9.47 Å². The third-order valence-electron chi connectivity index (χ3n) is 4.27. The van der Waals surface area contributed by atoms with E-state index >= 15 is 0 Å². The third kappa shape index (κ3) is 3.55. The van der Waals surface area contributed by atoms with Gasteiger partial charge in [0, 0.05) is 38.4 Å². The third-order valence-corrected chi connectivity index (χ3v) is 4.99. The van der Waals surface area contributed by atoms with E-state index in [2.05, 4.69) is 15.2 Å². The SMILES string of the molecule is CSc1nnc([C@H]2CCCN(C(=O)Cc3cccnc3)C2)n1C. The van der Waals surface area contributed by atoms with Gasteiger partial charge in [-0.1, -0.05) is 17.8 Å². The van der Waals surface area contributed by atoms with Gasteiger partial charge in [-0.3, -0.25) is 9.78 Å². The molecule has 1 saturated heterocycles. The molecule has 0 unspecified atom stereocenters. The second-order valence-electron chi connectivity index (χ2n) is 5.82. The lowest BCUT2D eigenvalue weighted by atomic mass is 9.96. The summed E-state index contributed by atoms with van der Waals surface area (Å²) in [5.41, 5.74) is 0.961. The Bertz CT molecular complexity index is 672. The van der Waals surface area contributed by atoms with E-state index in [0.29, 0.717) is 6.42 Å². The second kappa shape index (κ2) is 7.12. The van der Waals surface area contributed by atoms with Crippen LogP contribution in [0.25, 0.3) is 0 Å². The summed E-state index contributed by atoms with van der Waals surface area (Å²) in [6.45, 7) is 1.54. The van der Waals surface area contributed by atoms with Crippen LogP contribution >= 0.6 is 11.8 Å². The zero-order chi connectivity index (χ0) is 16.2. The number of likely N-dealkylation sites (tertiary alicyclic amines) is 1. The molecule has 0 radical (unpaired) electrons. The Kier molecular flexibility index (Phi) is 4.95. The highest BCUT2D eigenvalue weighted by atomic mass is 32.2. The molecule has 0 N–H and O–H groups in total. The molecular formula is C16H21N5OS. The van der Waals surface area contributed by atoms with Gasteiger partial charge in [-0.25, -0.2) is 0 Å². The number of aromatic nitrogens is 4. The van der Waals surface area contributed by atoms with Crippen LogP contribution in [0.4, 0.5) is 0 Å². The predicted molar refractivity (Wildman–Crippen MR) is 89.3 cm³/mol. The van der Waals surface area contributed by atoms with E-state index in [9.17, 15) is 4.79 Å². The number of carbonyl (C=O) groups excluding carboxylic acids is 1. The highest BCUT2D eigenvalue weighted by Gasteiger charge is 2.28. The zero-order valence-electron chi connectivity index (χ0n) is 13.5. The van der Waals surface area contributed by atoms with E-state index in [4.69, 9.17) is 0 Å². The first kappa shape index (κ1) is 16.0. The van der Waals surface area contributed by atoms with E-state index in [0.717, 1.165) is 42.5 Å². The van der Waals surface area contributed by atoms with Crippen molar-refractivity contribution in [2.45, 2.75) is 30.3 Å². The van der Waals surface area contributed by atoms with Crippen molar-refractivity contribution in [1.29, 1.82) is 0 Å². The Morgan fingerprint density at radius 1 is 1.43 bits per heavy atom. The molecule has 122 valence electrons. The standard InChI is InChI=1S/C16H21N5OS/c1-20-15(18-19-16(20)23-2)13-6-4-8-21(11-13)14(22)9-12-5-3-7-17-10-12/h3,5,7,10,13H,4,6,8-9,11H2,1-2H3/t13-/m0/s1. The fraction of sp³-hybridized carbons (Fsp3) is 0.500. The zero-order valence-corrected chi connectivity index (χ0v) is 14.3. The highest BCUT2D eigenvalue weighted by Crippen LogP contribution is 2.27. The molecule has 0 aliphatic carbocycles. The Morgan fingerprint density at radius 2 is 2.30 bits per heavy atom. The Hall–Kier alpha value is -1.89. The molecular weight excluding hydrogens is 310 g/mol. The number of piperidine rings is 1. The predicted octanol–water partition coefficient (Wildman–Crippen LogP) is 1.88. The number of nitrogens with zero attached hydrogens (tertiary/aromatic N) is 5. The maximum absolute atomic E-state index is 12.5. The van der Waals surface area contributed by atoms with E-state index in [1.165, 1.54) is 0 Å². The van der Waals surface area contributed by atoms with Crippen molar-refractivity contribution < 1.29 is 4.79 Å². The summed E-state index contributed by atoms with van der Waals surface area (Å²) < 4.78 is 2.05. The van der Waals surface area contributed by atoms with Crippen molar-refractivity contribution in [1.82, 2.24) is 24.6 Å². The van der Waals surface area contributed by atoms with Gasteiger partial charge in [0.2, 0.25) is 5.91 Å². The van der Waals surface area contributed by atoms with Crippen LogP contribution in [0.3, 0.4) is 0 Å². The highest BCUT2D eigenvalue weighted by molar-refractivity contribution is 7.98. The number of amides is 1. The smallest absolute Gasteiger partial charge is 0.227 e. The Balaban J connectivity index is 1.68. The molecule has 1 amide bonds. The monoisotopic (exact) mass is 331 g/mol. The minimum Gasteiger partial charge on any atom is -0.342 e. The van der Waals surface area contributed by atoms with Crippen molar-refractivity contribution in [3.05, 3.63) is 35.9 Å². The van der Waals surface area contributed by atoms with Gasteiger partial charge in [-0.2, -0.15) is 0 Å². The number of rotatable bonds is 4. The largest absolute Gasteiger partial charge is 0.342 e. The molecule has 0 saturated carbocycles. The van der Waals surface area contributed by atoms with Gasteiger partial charge in [0.25, 0.3) is 0 Å². The summed E-state index contributed by atoms with van der Waals surface area (Å²) in [6.07, 6.45) is 7.95. The number of thioether (sulfide) groups is 1. The van der Waals surface area contributed by atoms with Crippen molar-refractivity contribution >= 4 is 17.7 Å². The van der Waals surface area contributed by atoms with Crippen molar-refractivity contribution in [3.63, 3.8) is 0 Å². The topological polar surface area (TPSA) is 63.9 Å². The lowest BCUT2D eigenvalue weighted by Crippen LogP contribution is -2.40. The molecule has 3 rings (SSSR count). The summed E-state index contributed by atoms with van der Waals surface area (Å²) >= 11 is 1.59. The molecule has 1 fully saturated rings. The summed E-state index contributed by atoms with van der Waals surface area (Å²) in [5.74, 6) is 1.41. The van der Waals surface area contributed by atoms with Crippen LogP contribution in [0.15, 0.2) is 29.7 Å². The van der Waals surface area contributed by atoms with Gasteiger partial charge >= 0.3 is 0 Å². The Labute approximate surface area is 140 Å². The molecule has 1 aliphatic heterocycles. The average Bonchev–Trinajstić information content (AvgIpc) is 2.96. The molecule has 0 spiro atoms. The first-order chi connectivity index (χ1) is 11.2. The van der Waals surface area contributed by atoms with Crippen LogP contribution in [0.1, 0.15) is 30.1 Å². The van der Waals surface area contributed by atoms with Crippen LogP contribution in [-0.2, 0) is 18.3 Å². The van der Waals surface area contributed by atoms with Gasteiger partial charge in [0.1, 0.15) is 5.82 Å². The fourth-order valence-corrected chi connectivity index (χ4v) is 3.55. The van der Waals surface area contributed by atoms with Crippen molar-refractivity contribution in [2.75, 3.05) is 19.3 Å². The maximum Gasteiger partial charge on any atom is 0.227 e. The molecule has 2 aromatic heterocycles. The van der Waals surface area contributed by atoms with Gasteiger partial charge in [-0.05, 0) is 30.7 Å². The quantitative estimate of drug-likeness (QED) is 0.801. The van der Waals surface area contributed by atoms with Crippen LogP contribution in [-0.4, -0.2) is 49.9 Å². The van der Waals surface area contributed by atoms with E-state index in [1.54, 1.807) is 24.2 Å². The normalized spacial score (nSPS) is 18.2. The van der Waals surface area contributed by atoms with Crippen molar-refractivity contribution in [2.24, 2.45) is 7.05 Å². The minimum atomic E-state index is 0.162. The maximum atomic E-state index is 12.5. The second-order valence-corrected chi connectivity index (χ2v) is 6.59. The molecule has 1 aliphatic rings. The molecule has 0 bridgehead atoms. The lowest BCUT2D eigenvalue weighted by molar-refractivity contribution is -0.131. The summed E-state index contributed by atoms with van der Waals surface area (Å²) in [4.78, 5) is 18.6. The first-order valence-corrected chi connectivity index (χ1v) is 9.01. The van der Waals surface area contributed by atoms with Gasteiger partial charge in [0.05, 0.1) is 6.42 Å². The first-order valence-electron chi connectivity index (χ1n) is 7.79. The van der Waals surface area contributed by atoms with Gasteiger partial charge in [-0.15, -0.1) is 10.2 Å². The number of hydrogen-bond acceptors (Lipinski definition) is 5. The summed E-state index contributed by atoms with van der Waals surface area (Å²) in [7, 11) is 2.00. The molecule has 6 nitrogen and oxygen atoms in total. The van der Waals surface area contributed by atoms with Crippen LogP contribution in [0, 0.1) is 0 Å². The average molecular weight is 331 g/mol. The number of pyridine rings is 1. The lowest BCUT2D eigenvalue weighted by Gasteiger charge is -2.32. The fourth-order valence-electron chi connectivity index (χ4n) is 3.06. The molecule has 1 atom stereocenters. The van der Waals surface area contributed by atoms with E-state index in [-0.39, 0.29) is 11.8 Å². The molecule has 7 heteroatoms. The molecule has 0 aromatic carbocycles. The van der Waals surface area contributed by atoms with Crippen molar-refractivity contribution in [3.8, 4) is 0 Å². The molecule has 3 heterocycles. The molecule has 2 aromatic rings. The van der Waals surface area contributed by atoms with Crippen LogP contribution in [0.2, 0.25) is 0 Å². The van der Waals surface area contributed by atoms with Gasteiger partial charge in [0.15, 0.2) is 5.16 Å². The van der Waals surface area contributed by atoms with E-state index < -0.39 is 0 Å². The number of hydrogen-bond donors (Lipinski definition) is 0. The number of carbonyl (C=O) groups is 1. The molecule has 23 heavy (non-hydrogen) atoms.